The molecule has 3 heterocycles. The fourth-order valence-corrected chi connectivity index (χ4v) is 4.47. The minimum absolute atomic E-state index is 0.0158. The van der Waals surface area contributed by atoms with E-state index < -0.39 is 0 Å². The van der Waals surface area contributed by atoms with Gasteiger partial charge in [-0.1, -0.05) is 44.2 Å². The highest BCUT2D eigenvalue weighted by Crippen LogP contribution is 2.20. The second kappa shape index (κ2) is 8.79. The molecule has 1 N–H and O–H groups in total. The summed E-state index contributed by atoms with van der Waals surface area (Å²) >= 11 is 1.43. The number of thiophene rings is 1. The summed E-state index contributed by atoms with van der Waals surface area (Å²) in [5.41, 5.74) is 1.99. The number of carbonyl (C=O) groups excluding carboxylic acids is 1. The molecule has 0 bridgehead atoms. The molecule has 1 amide bonds. The summed E-state index contributed by atoms with van der Waals surface area (Å²) in [6.07, 6.45) is 1.61. The van der Waals surface area contributed by atoms with Crippen molar-refractivity contribution < 1.29 is 4.79 Å². The number of nitrogens with zero attached hydrogens (tertiary/aromatic N) is 4. The first-order valence-corrected chi connectivity index (χ1v) is 11.1. The molecule has 0 spiro atoms. The molecule has 0 fully saturated rings. The molecule has 0 aliphatic rings. The lowest BCUT2D eigenvalue weighted by atomic mass is 10.0. The van der Waals surface area contributed by atoms with Gasteiger partial charge in [-0.3, -0.25) is 18.6 Å². The van der Waals surface area contributed by atoms with Gasteiger partial charge in [0.25, 0.3) is 5.56 Å². The lowest BCUT2D eigenvalue weighted by Crippen LogP contribution is -2.28. The summed E-state index contributed by atoms with van der Waals surface area (Å²) in [5.74, 6) is 1.47. The van der Waals surface area contributed by atoms with Gasteiger partial charge in [0.1, 0.15) is 10.5 Å². The molecule has 156 valence electrons. The Balaban J connectivity index is 1.49. The fraction of sp³-hybridized carbons (Fsp3) is 0.364. The summed E-state index contributed by atoms with van der Waals surface area (Å²) in [5, 5.41) is 13.5. The first kappa shape index (κ1) is 20.3. The van der Waals surface area contributed by atoms with Crippen LogP contribution in [0.15, 0.2) is 46.6 Å². The van der Waals surface area contributed by atoms with E-state index >= 15 is 0 Å². The standard InChI is InChI=1S/C22H25N5O2S/c1-3-12-26-21(29)20-17(11-13-30-20)27-18(24-25-22(26)27)9-10-19(28)23-14-15(2)16-7-5-4-6-8-16/h4-8,11,13,15H,3,9-10,12,14H2,1-2H3,(H,23,28). The molecule has 0 saturated heterocycles. The average Bonchev–Trinajstić information content (AvgIpc) is 3.41. The quantitative estimate of drug-likeness (QED) is 0.471. The Morgan fingerprint density at radius 1 is 1.20 bits per heavy atom. The van der Waals surface area contributed by atoms with Gasteiger partial charge in [0, 0.05) is 25.9 Å². The van der Waals surface area contributed by atoms with Crippen LogP contribution in [-0.4, -0.2) is 31.6 Å². The van der Waals surface area contributed by atoms with Crippen molar-refractivity contribution in [1.29, 1.82) is 0 Å². The topological polar surface area (TPSA) is 81.3 Å². The predicted molar refractivity (Wildman–Crippen MR) is 119 cm³/mol. The fourth-order valence-electron chi connectivity index (χ4n) is 3.65. The Hall–Kier alpha value is -3.00. The first-order valence-electron chi connectivity index (χ1n) is 10.3. The Labute approximate surface area is 178 Å². The van der Waals surface area contributed by atoms with Crippen LogP contribution in [0.5, 0.6) is 0 Å². The number of hydrogen-bond acceptors (Lipinski definition) is 5. The highest BCUT2D eigenvalue weighted by Gasteiger charge is 2.18. The number of benzene rings is 1. The molecule has 3 aromatic heterocycles. The van der Waals surface area contributed by atoms with Crippen molar-refractivity contribution in [2.75, 3.05) is 6.54 Å². The van der Waals surface area contributed by atoms with Crippen molar-refractivity contribution in [1.82, 2.24) is 24.5 Å². The number of carbonyl (C=O) groups is 1. The summed E-state index contributed by atoms with van der Waals surface area (Å²) in [4.78, 5) is 25.2. The second-order valence-electron chi connectivity index (χ2n) is 7.46. The number of nitrogens with one attached hydrogen (secondary N) is 1. The van der Waals surface area contributed by atoms with E-state index in [1.165, 1.54) is 16.9 Å². The van der Waals surface area contributed by atoms with Gasteiger partial charge in [0.2, 0.25) is 11.7 Å². The highest BCUT2D eigenvalue weighted by atomic mass is 32.1. The molecule has 8 heteroatoms. The van der Waals surface area contributed by atoms with Crippen molar-refractivity contribution in [2.45, 2.75) is 45.6 Å². The van der Waals surface area contributed by atoms with E-state index in [0.717, 1.165) is 11.9 Å². The maximum absolute atomic E-state index is 12.8. The van der Waals surface area contributed by atoms with Crippen LogP contribution in [0.1, 0.15) is 44.0 Å². The molecule has 0 aliphatic carbocycles. The van der Waals surface area contributed by atoms with Gasteiger partial charge in [0.15, 0.2) is 0 Å². The SMILES string of the molecule is CCCn1c(=O)c2sccc2n2c(CCC(=O)NCC(C)c3ccccc3)nnc12. The molecule has 0 saturated carbocycles. The summed E-state index contributed by atoms with van der Waals surface area (Å²) in [7, 11) is 0. The Kier molecular flexibility index (Phi) is 5.94. The van der Waals surface area contributed by atoms with Crippen LogP contribution in [0.2, 0.25) is 0 Å². The van der Waals surface area contributed by atoms with Gasteiger partial charge in [-0.05, 0) is 29.3 Å². The second-order valence-corrected chi connectivity index (χ2v) is 8.38. The third-order valence-corrected chi connectivity index (χ3v) is 6.17. The van der Waals surface area contributed by atoms with E-state index in [9.17, 15) is 9.59 Å². The zero-order valence-corrected chi connectivity index (χ0v) is 18.0. The number of hydrogen-bond donors (Lipinski definition) is 1. The largest absolute Gasteiger partial charge is 0.355 e. The lowest BCUT2D eigenvalue weighted by Gasteiger charge is -2.13. The number of fused-ring (bicyclic) bond motifs is 3. The maximum Gasteiger partial charge on any atom is 0.272 e. The molecule has 1 atom stereocenters. The lowest BCUT2D eigenvalue weighted by molar-refractivity contribution is -0.121. The summed E-state index contributed by atoms with van der Waals surface area (Å²) in [6.45, 7) is 5.31. The highest BCUT2D eigenvalue weighted by molar-refractivity contribution is 7.17. The normalized spacial score (nSPS) is 12.5. The average molecular weight is 424 g/mol. The van der Waals surface area contributed by atoms with Crippen LogP contribution < -0.4 is 10.9 Å². The van der Waals surface area contributed by atoms with Crippen molar-refractivity contribution in [3.8, 4) is 0 Å². The van der Waals surface area contributed by atoms with E-state index in [1.807, 2.05) is 41.0 Å². The van der Waals surface area contributed by atoms with Crippen molar-refractivity contribution in [3.05, 3.63) is 63.5 Å². The number of aryl methyl sites for hydroxylation is 2. The van der Waals surface area contributed by atoms with Gasteiger partial charge in [-0.15, -0.1) is 21.5 Å². The molecule has 7 nitrogen and oxygen atoms in total. The Bertz CT molecular complexity index is 1230. The van der Waals surface area contributed by atoms with E-state index in [2.05, 4.69) is 34.6 Å². The van der Waals surface area contributed by atoms with Gasteiger partial charge in [-0.2, -0.15) is 0 Å². The molecule has 0 radical (unpaired) electrons. The van der Waals surface area contributed by atoms with Crippen LogP contribution >= 0.6 is 11.3 Å². The van der Waals surface area contributed by atoms with Crippen LogP contribution in [0.4, 0.5) is 0 Å². The monoisotopic (exact) mass is 423 g/mol. The Morgan fingerprint density at radius 2 is 2.00 bits per heavy atom. The zero-order chi connectivity index (χ0) is 21.1. The molecule has 30 heavy (non-hydrogen) atoms. The van der Waals surface area contributed by atoms with Gasteiger partial charge < -0.3 is 5.32 Å². The number of rotatable bonds is 8. The van der Waals surface area contributed by atoms with Crippen molar-refractivity contribution >= 4 is 33.2 Å². The third-order valence-electron chi connectivity index (χ3n) is 5.28. The zero-order valence-electron chi connectivity index (χ0n) is 17.2. The summed E-state index contributed by atoms with van der Waals surface area (Å²) in [6, 6.07) is 12.1. The summed E-state index contributed by atoms with van der Waals surface area (Å²) < 4.78 is 4.29. The van der Waals surface area contributed by atoms with E-state index in [1.54, 1.807) is 4.57 Å². The minimum atomic E-state index is -0.0269. The molecule has 0 aliphatic heterocycles. The molecular formula is C22H25N5O2S. The van der Waals surface area contributed by atoms with Crippen LogP contribution in [-0.2, 0) is 17.8 Å². The van der Waals surface area contributed by atoms with E-state index in [-0.39, 0.29) is 17.4 Å². The number of aromatic nitrogens is 4. The van der Waals surface area contributed by atoms with Crippen molar-refractivity contribution in [2.24, 2.45) is 0 Å². The van der Waals surface area contributed by atoms with Crippen molar-refractivity contribution in [3.63, 3.8) is 0 Å². The molecule has 4 rings (SSSR count). The molecule has 1 aromatic carbocycles. The minimum Gasteiger partial charge on any atom is -0.355 e. The van der Waals surface area contributed by atoms with Crippen LogP contribution in [0.3, 0.4) is 0 Å². The van der Waals surface area contributed by atoms with E-state index in [4.69, 9.17) is 0 Å². The van der Waals surface area contributed by atoms with Gasteiger partial charge >= 0.3 is 0 Å². The first-order chi connectivity index (χ1) is 14.6. The number of amides is 1. The molecular weight excluding hydrogens is 398 g/mol. The Morgan fingerprint density at radius 3 is 2.77 bits per heavy atom. The van der Waals surface area contributed by atoms with Gasteiger partial charge in [0.05, 0.1) is 5.52 Å². The molecule has 4 aromatic rings. The third kappa shape index (κ3) is 3.87. The maximum atomic E-state index is 12.8. The molecule has 1 unspecified atom stereocenters. The smallest absolute Gasteiger partial charge is 0.272 e. The predicted octanol–water partition coefficient (Wildman–Crippen LogP) is 3.37. The van der Waals surface area contributed by atoms with Gasteiger partial charge in [-0.25, -0.2) is 0 Å². The van der Waals surface area contributed by atoms with Crippen LogP contribution in [0.25, 0.3) is 16.0 Å². The van der Waals surface area contributed by atoms with Crippen LogP contribution in [0, 0.1) is 0 Å². The van der Waals surface area contributed by atoms with E-state index in [0.29, 0.717) is 42.2 Å².